The highest BCUT2D eigenvalue weighted by Gasteiger charge is 2.28. The number of β-amino-alcohol motifs (C(OH)–C–C–N with tert-alkyl or cyclic N) is 1. The molecule has 0 aromatic rings. The Morgan fingerprint density at radius 2 is 2.05 bits per heavy atom. The highest BCUT2D eigenvalue weighted by molar-refractivity contribution is 5.85. The van der Waals surface area contributed by atoms with Crippen molar-refractivity contribution in [2.24, 2.45) is 0 Å². The van der Waals surface area contributed by atoms with E-state index in [0.717, 1.165) is 32.6 Å². The van der Waals surface area contributed by atoms with Crippen molar-refractivity contribution in [3.8, 4) is 0 Å². The number of hydrogen-bond donors (Lipinski definition) is 2. The number of amides is 1. The molecule has 1 heterocycles. The number of aliphatic hydroxyl groups excluding tert-OH is 1. The lowest BCUT2D eigenvalue weighted by molar-refractivity contribution is -0.134. The van der Waals surface area contributed by atoms with E-state index >= 15 is 0 Å². The van der Waals surface area contributed by atoms with Crippen LogP contribution < -0.4 is 5.32 Å². The zero-order chi connectivity index (χ0) is 13.5. The van der Waals surface area contributed by atoms with Gasteiger partial charge in [0.1, 0.15) is 0 Å². The number of aliphatic hydroxyl groups is 1. The zero-order valence-electron chi connectivity index (χ0n) is 12.7. The third-order valence-corrected chi connectivity index (χ3v) is 3.52. The first-order valence-electron chi connectivity index (χ1n) is 6.93. The summed E-state index contributed by atoms with van der Waals surface area (Å²) in [5.41, 5.74) is 0. The molecular formula is C13H29Cl2N3O2. The van der Waals surface area contributed by atoms with Crippen LogP contribution in [0.5, 0.6) is 0 Å². The predicted molar refractivity (Wildman–Crippen MR) is 87.0 cm³/mol. The van der Waals surface area contributed by atoms with E-state index in [1.165, 1.54) is 0 Å². The van der Waals surface area contributed by atoms with E-state index in [2.05, 4.69) is 17.1 Å². The molecule has 1 rings (SSSR count). The Labute approximate surface area is 134 Å². The van der Waals surface area contributed by atoms with Crippen molar-refractivity contribution in [3.05, 3.63) is 0 Å². The van der Waals surface area contributed by atoms with Gasteiger partial charge in [0.25, 0.3) is 0 Å². The Hall–Kier alpha value is -0.0700. The van der Waals surface area contributed by atoms with Crippen LogP contribution in [0, 0.1) is 0 Å². The van der Waals surface area contributed by atoms with Crippen LogP contribution in [0.25, 0.3) is 0 Å². The molecule has 5 nitrogen and oxygen atoms in total. The molecule has 7 heteroatoms. The molecule has 1 saturated heterocycles. The molecule has 2 unspecified atom stereocenters. The average molecular weight is 330 g/mol. The lowest BCUT2D eigenvalue weighted by Gasteiger charge is -2.41. The van der Waals surface area contributed by atoms with Crippen molar-refractivity contribution in [2.75, 3.05) is 39.8 Å². The highest BCUT2D eigenvalue weighted by atomic mass is 35.5. The maximum absolute atomic E-state index is 12.0. The van der Waals surface area contributed by atoms with E-state index in [1.807, 2.05) is 18.9 Å². The van der Waals surface area contributed by atoms with Crippen molar-refractivity contribution >= 4 is 30.7 Å². The SMILES string of the molecule is CCC1CN(C(=O)CCNC)CCN1CC(C)O.Cl.Cl. The van der Waals surface area contributed by atoms with Crippen molar-refractivity contribution in [2.45, 2.75) is 38.8 Å². The molecule has 122 valence electrons. The van der Waals surface area contributed by atoms with Crippen LogP contribution in [-0.2, 0) is 4.79 Å². The minimum atomic E-state index is -0.300. The normalized spacial score (nSPS) is 20.8. The fraction of sp³-hybridized carbons (Fsp3) is 0.923. The fourth-order valence-corrected chi connectivity index (χ4v) is 2.48. The summed E-state index contributed by atoms with van der Waals surface area (Å²) in [7, 11) is 1.86. The summed E-state index contributed by atoms with van der Waals surface area (Å²) in [6.07, 6.45) is 1.29. The summed E-state index contributed by atoms with van der Waals surface area (Å²) in [4.78, 5) is 16.2. The number of hydrogen-bond acceptors (Lipinski definition) is 4. The molecule has 1 amide bonds. The largest absolute Gasteiger partial charge is 0.392 e. The van der Waals surface area contributed by atoms with Crippen molar-refractivity contribution < 1.29 is 9.90 Å². The number of carbonyl (C=O) groups is 1. The molecule has 1 aliphatic rings. The standard InChI is InChI=1S/C13H27N3O2.2ClH/c1-4-12-10-16(13(18)5-6-14-3)8-7-15(12)9-11(2)17;;/h11-12,14,17H,4-10H2,1-3H3;2*1H. The van der Waals surface area contributed by atoms with Crippen molar-refractivity contribution in [3.63, 3.8) is 0 Å². The van der Waals surface area contributed by atoms with Crippen LogP contribution >= 0.6 is 24.8 Å². The Balaban J connectivity index is 0. The summed E-state index contributed by atoms with van der Waals surface area (Å²) in [6, 6.07) is 0.381. The second-order valence-corrected chi connectivity index (χ2v) is 5.10. The highest BCUT2D eigenvalue weighted by Crippen LogP contribution is 2.14. The van der Waals surface area contributed by atoms with Crippen molar-refractivity contribution in [1.82, 2.24) is 15.1 Å². The fourth-order valence-electron chi connectivity index (χ4n) is 2.48. The van der Waals surface area contributed by atoms with E-state index in [1.54, 1.807) is 0 Å². The number of rotatable bonds is 6. The molecule has 0 saturated carbocycles. The van der Waals surface area contributed by atoms with Crippen LogP contribution in [0.1, 0.15) is 26.7 Å². The van der Waals surface area contributed by atoms with Gasteiger partial charge in [0.15, 0.2) is 0 Å². The summed E-state index contributed by atoms with van der Waals surface area (Å²) >= 11 is 0. The van der Waals surface area contributed by atoms with Gasteiger partial charge in [-0.1, -0.05) is 6.92 Å². The quantitative estimate of drug-likeness (QED) is 0.754. The van der Waals surface area contributed by atoms with Gasteiger partial charge in [0.05, 0.1) is 6.10 Å². The summed E-state index contributed by atoms with van der Waals surface area (Å²) in [5, 5.41) is 12.5. The predicted octanol–water partition coefficient (Wildman–Crippen LogP) is 0.743. The number of carbonyl (C=O) groups excluding carboxylic acids is 1. The summed E-state index contributed by atoms with van der Waals surface area (Å²) in [5.74, 6) is 0.236. The third-order valence-electron chi connectivity index (χ3n) is 3.52. The average Bonchev–Trinajstić information content (AvgIpc) is 2.35. The van der Waals surface area contributed by atoms with E-state index < -0.39 is 0 Å². The Bertz CT molecular complexity index is 268. The molecule has 0 bridgehead atoms. The molecule has 0 radical (unpaired) electrons. The number of halogens is 2. The first kappa shape index (κ1) is 22.2. The Kier molecular flexibility index (Phi) is 12.9. The van der Waals surface area contributed by atoms with Gasteiger partial charge < -0.3 is 15.3 Å². The maximum Gasteiger partial charge on any atom is 0.223 e. The topological polar surface area (TPSA) is 55.8 Å². The number of piperazine rings is 1. The smallest absolute Gasteiger partial charge is 0.223 e. The van der Waals surface area contributed by atoms with Gasteiger partial charge in [-0.25, -0.2) is 0 Å². The van der Waals surface area contributed by atoms with Crippen LogP contribution in [0.2, 0.25) is 0 Å². The minimum absolute atomic E-state index is 0. The first-order valence-corrected chi connectivity index (χ1v) is 6.93. The molecule has 0 aliphatic carbocycles. The van der Waals surface area contributed by atoms with Gasteiger partial charge in [-0.2, -0.15) is 0 Å². The minimum Gasteiger partial charge on any atom is -0.392 e. The molecule has 2 atom stereocenters. The van der Waals surface area contributed by atoms with Gasteiger partial charge in [0, 0.05) is 45.2 Å². The van der Waals surface area contributed by atoms with Crippen LogP contribution in [0.15, 0.2) is 0 Å². The molecular weight excluding hydrogens is 301 g/mol. The lowest BCUT2D eigenvalue weighted by Crippen LogP contribution is -2.56. The lowest BCUT2D eigenvalue weighted by atomic mass is 10.1. The van der Waals surface area contributed by atoms with Gasteiger partial charge in [-0.3, -0.25) is 9.69 Å². The van der Waals surface area contributed by atoms with E-state index in [-0.39, 0.29) is 36.8 Å². The Morgan fingerprint density at radius 1 is 1.40 bits per heavy atom. The van der Waals surface area contributed by atoms with Crippen LogP contribution in [0.3, 0.4) is 0 Å². The third kappa shape index (κ3) is 7.09. The summed E-state index contributed by atoms with van der Waals surface area (Å²) in [6.45, 7) is 7.85. The molecule has 2 N–H and O–H groups in total. The summed E-state index contributed by atoms with van der Waals surface area (Å²) < 4.78 is 0. The molecule has 1 aliphatic heterocycles. The van der Waals surface area contributed by atoms with E-state index in [4.69, 9.17) is 0 Å². The van der Waals surface area contributed by atoms with Crippen LogP contribution in [-0.4, -0.2) is 72.7 Å². The van der Waals surface area contributed by atoms with E-state index in [0.29, 0.717) is 19.0 Å². The zero-order valence-corrected chi connectivity index (χ0v) is 14.3. The first-order chi connectivity index (χ1) is 8.58. The maximum atomic E-state index is 12.0. The molecule has 0 aromatic heterocycles. The molecule has 20 heavy (non-hydrogen) atoms. The van der Waals surface area contributed by atoms with Gasteiger partial charge in [0.2, 0.25) is 5.91 Å². The van der Waals surface area contributed by atoms with Crippen LogP contribution in [0.4, 0.5) is 0 Å². The molecule has 1 fully saturated rings. The Morgan fingerprint density at radius 3 is 2.55 bits per heavy atom. The second-order valence-electron chi connectivity index (χ2n) is 5.10. The van der Waals surface area contributed by atoms with Crippen molar-refractivity contribution in [1.29, 1.82) is 0 Å². The molecule has 0 aromatic carbocycles. The number of nitrogens with one attached hydrogen (secondary N) is 1. The van der Waals surface area contributed by atoms with Gasteiger partial charge >= 0.3 is 0 Å². The second kappa shape index (κ2) is 11.6. The van der Waals surface area contributed by atoms with E-state index in [9.17, 15) is 9.90 Å². The molecule has 0 spiro atoms. The number of nitrogens with zero attached hydrogens (tertiary/aromatic N) is 2. The monoisotopic (exact) mass is 329 g/mol. The van der Waals surface area contributed by atoms with Gasteiger partial charge in [-0.15, -0.1) is 24.8 Å². The van der Waals surface area contributed by atoms with Gasteiger partial charge in [-0.05, 0) is 20.4 Å².